The van der Waals surface area contributed by atoms with E-state index in [0.29, 0.717) is 35.8 Å². The molecule has 3 aromatic rings. The molecule has 1 aliphatic heterocycles. The van der Waals surface area contributed by atoms with E-state index in [-0.39, 0.29) is 11.9 Å². The first kappa shape index (κ1) is 21.4. The summed E-state index contributed by atoms with van der Waals surface area (Å²) in [6.07, 6.45) is 1.13. The highest BCUT2D eigenvalue weighted by molar-refractivity contribution is 6.04. The van der Waals surface area contributed by atoms with Gasteiger partial charge in [0, 0.05) is 29.8 Å². The quantitative estimate of drug-likeness (QED) is 0.549. The van der Waals surface area contributed by atoms with E-state index in [1.807, 2.05) is 61.0 Å². The molecule has 1 atom stereocenters. The third-order valence-electron chi connectivity index (χ3n) is 5.76. The van der Waals surface area contributed by atoms with Crippen molar-refractivity contribution in [2.24, 2.45) is 5.73 Å². The van der Waals surface area contributed by atoms with Gasteiger partial charge < -0.3 is 21.1 Å². The SMILES string of the molecule is CCC(=O)Nc1ccccc1C1CCNc2c(C(N)=O)c(-c3ccc(C)c(OC)c3)nn21. The third kappa shape index (κ3) is 3.79. The molecule has 4 N–H and O–H groups in total. The number of fused-ring (bicyclic) bond motifs is 1. The molecule has 0 radical (unpaired) electrons. The largest absolute Gasteiger partial charge is 0.496 e. The highest BCUT2D eigenvalue weighted by Crippen LogP contribution is 2.39. The Morgan fingerprint density at radius 3 is 2.78 bits per heavy atom. The number of nitrogens with two attached hydrogens (primary N) is 1. The number of ether oxygens (including phenoxy) is 1. The number of amides is 2. The summed E-state index contributed by atoms with van der Waals surface area (Å²) >= 11 is 0. The Kier molecular flexibility index (Phi) is 5.85. The molecular weight excluding hydrogens is 406 g/mol. The van der Waals surface area contributed by atoms with Crippen molar-refractivity contribution in [3.8, 4) is 17.0 Å². The Labute approximate surface area is 186 Å². The van der Waals surface area contributed by atoms with Crippen LogP contribution >= 0.6 is 0 Å². The van der Waals surface area contributed by atoms with Crippen LogP contribution in [-0.4, -0.2) is 35.2 Å². The first-order valence-electron chi connectivity index (χ1n) is 10.6. The molecule has 4 rings (SSSR count). The van der Waals surface area contributed by atoms with Crippen LogP contribution in [0.2, 0.25) is 0 Å². The second kappa shape index (κ2) is 8.74. The molecule has 8 heteroatoms. The Hall–Kier alpha value is -3.81. The topological polar surface area (TPSA) is 111 Å². The van der Waals surface area contributed by atoms with Gasteiger partial charge in [0.2, 0.25) is 5.91 Å². The van der Waals surface area contributed by atoms with Gasteiger partial charge in [-0.3, -0.25) is 9.59 Å². The first-order chi connectivity index (χ1) is 15.4. The second-order valence-corrected chi connectivity index (χ2v) is 7.79. The predicted octanol–water partition coefficient (Wildman–Crippen LogP) is 3.72. The van der Waals surface area contributed by atoms with Crippen molar-refractivity contribution in [3.05, 3.63) is 59.2 Å². The van der Waals surface area contributed by atoms with Crippen LogP contribution in [0.1, 0.15) is 47.3 Å². The van der Waals surface area contributed by atoms with Gasteiger partial charge in [0.15, 0.2) is 0 Å². The van der Waals surface area contributed by atoms with E-state index < -0.39 is 5.91 Å². The Balaban J connectivity index is 1.86. The average Bonchev–Trinajstić information content (AvgIpc) is 3.20. The van der Waals surface area contributed by atoms with E-state index in [1.54, 1.807) is 7.11 Å². The molecule has 32 heavy (non-hydrogen) atoms. The molecule has 0 spiro atoms. The van der Waals surface area contributed by atoms with Crippen LogP contribution in [0.25, 0.3) is 11.3 Å². The number of primary amides is 1. The summed E-state index contributed by atoms with van der Waals surface area (Å²) in [7, 11) is 1.61. The fourth-order valence-corrected chi connectivity index (χ4v) is 4.11. The summed E-state index contributed by atoms with van der Waals surface area (Å²) in [5, 5.41) is 11.1. The fourth-order valence-electron chi connectivity index (χ4n) is 4.11. The van der Waals surface area contributed by atoms with Crippen LogP contribution in [0.3, 0.4) is 0 Å². The van der Waals surface area contributed by atoms with Gasteiger partial charge in [-0.05, 0) is 31.0 Å². The van der Waals surface area contributed by atoms with Crippen LogP contribution in [0.15, 0.2) is 42.5 Å². The van der Waals surface area contributed by atoms with E-state index in [2.05, 4.69) is 10.6 Å². The van der Waals surface area contributed by atoms with Gasteiger partial charge >= 0.3 is 0 Å². The van der Waals surface area contributed by atoms with Crippen molar-refractivity contribution in [1.29, 1.82) is 0 Å². The molecule has 166 valence electrons. The van der Waals surface area contributed by atoms with Gasteiger partial charge in [-0.1, -0.05) is 37.3 Å². The number of nitrogens with zero attached hydrogens (tertiary/aromatic N) is 2. The summed E-state index contributed by atoms with van der Waals surface area (Å²) in [5.41, 5.74) is 10.0. The van der Waals surface area contributed by atoms with E-state index in [1.165, 1.54) is 0 Å². The van der Waals surface area contributed by atoms with Crippen molar-refractivity contribution < 1.29 is 14.3 Å². The molecule has 2 amide bonds. The number of carbonyl (C=O) groups excluding carboxylic acids is 2. The van der Waals surface area contributed by atoms with Gasteiger partial charge in [0.1, 0.15) is 22.8 Å². The Morgan fingerprint density at radius 2 is 2.06 bits per heavy atom. The van der Waals surface area contributed by atoms with Crippen LogP contribution in [0, 0.1) is 6.92 Å². The lowest BCUT2D eigenvalue weighted by molar-refractivity contribution is -0.115. The number of methoxy groups -OCH3 is 1. The predicted molar refractivity (Wildman–Crippen MR) is 124 cm³/mol. The fraction of sp³-hybridized carbons (Fsp3) is 0.292. The lowest BCUT2D eigenvalue weighted by Gasteiger charge is -2.28. The summed E-state index contributed by atoms with van der Waals surface area (Å²) in [4.78, 5) is 24.5. The monoisotopic (exact) mass is 433 g/mol. The zero-order valence-electron chi connectivity index (χ0n) is 18.4. The summed E-state index contributed by atoms with van der Waals surface area (Å²) in [6, 6.07) is 13.2. The normalized spacial score (nSPS) is 14.9. The standard InChI is InChI=1S/C24H27N5O3/c1-4-20(30)27-17-8-6-5-7-16(17)18-11-12-26-24-21(23(25)31)22(28-29(18)24)15-10-9-14(2)19(13-15)32-3/h5-10,13,18,26H,4,11-12H2,1-3H3,(H2,25,31)(H,27,30). The van der Waals surface area contributed by atoms with Gasteiger partial charge in [-0.2, -0.15) is 5.10 Å². The molecule has 1 aliphatic rings. The number of hydrogen-bond acceptors (Lipinski definition) is 5. The molecule has 0 fully saturated rings. The van der Waals surface area contributed by atoms with E-state index in [4.69, 9.17) is 15.6 Å². The number of benzene rings is 2. The van der Waals surface area contributed by atoms with E-state index >= 15 is 0 Å². The average molecular weight is 434 g/mol. The molecule has 8 nitrogen and oxygen atoms in total. The summed E-state index contributed by atoms with van der Waals surface area (Å²) in [6.45, 7) is 4.41. The van der Waals surface area contributed by atoms with Crippen LogP contribution in [-0.2, 0) is 4.79 Å². The smallest absolute Gasteiger partial charge is 0.254 e. The van der Waals surface area contributed by atoms with Gasteiger partial charge in [0.25, 0.3) is 5.91 Å². The molecule has 0 aliphatic carbocycles. The zero-order valence-corrected chi connectivity index (χ0v) is 18.4. The third-order valence-corrected chi connectivity index (χ3v) is 5.76. The first-order valence-corrected chi connectivity index (χ1v) is 10.6. The molecular formula is C24H27N5O3. The number of aryl methyl sites for hydroxylation is 1. The van der Waals surface area contributed by atoms with Crippen molar-refractivity contribution in [2.75, 3.05) is 24.3 Å². The summed E-state index contributed by atoms with van der Waals surface area (Å²) in [5.74, 6) is 0.680. The summed E-state index contributed by atoms with van der Waals surface area (Å²) < 4.78 is 7.26. The van der Waals surface area contributed by atoms with Gasteiger partial charge in [-0.25, -0.2) is 4.68 Å². The second-order valence-electron chi connectivity index (χ2n) is 7.79. The van der Waals surface area contributed by atoms with Crippen LogP contribution < -0.4 is 21.1 Å². The minimum Gasteiger partial charge on any atom is -0.496 e. The maximum atomic E-state index is 12.5. The van der Waals surface area contributed by atoms with Crippen LogP contribution in [0.4, 0.5) is 11.5 Å². The Bertz CT molecular complexity index is 1180. The highest BCUT2D eigenvalue weighted by atomic mass is 16.5. The minimum absolute atomic E-state index is 0.0580. The number of anilines is 2. The lowest BCUT2D eigenvalue weighted by atomic mass is 9.99. The molecule has 0 bridgehead atoms. The molecule has 2 aromatic carbocycles. The molecule has 1 aromatic heterocycles. The van der Waals surface area contributed by atoms with Crippen molar-refractivity contribution in [2.45, 2.75) is 32.7 Å². The number of rotatable bonds is 6. The minimum atomic E-state index is -0.554. The lowest BCUT2D eigenvalue weighted by Crippen LogP contribution is -2.27. The molecule has 1 unspecified atom stereocenters. The van der Waals surface area contributed by atoms with E-state index in [9.17, 15) is 9.59 Å². The maximum Gasteiger partial charge on any atom is 0.254 e. The number of aromatic nitrogens is 2. The van der Waals surface area contributed by atoms with Crippen molar-refractivity contribution in [3.63, 3.8) is 0 Å². The van der Waals surface area contributed by atoms with Crippen molar-refractivity contribution >= 4 is 23.3 Å². The van der Waals surface area contributed by atoms with Gasteiger partial charge in [0.05, 0.1) is 13.2 Å². The zero-order chi connectivity index (χ0) is 22.8. The number of carbonyl (C=O) groups is 2. The van der Waals surface area contributed by atoms with Gasteiger partial charge in [-0.15, -0.1) is 0 Å². The molecule has 0 saturated carbocycles. The number of hydrogen-bond donors (Lipinski definition) is 3. The maximum absolute atomic E-state index is 12.5. The van der Waals surface area contributed by atoms with Crippen LogP contribution in [0.5, 0.6) is 5.75 Å². The van der Waals surface area contributed by atoms with E-state index in [0.717, 1.165) is 28.8 Å². The highest BCUT2D eigenvalue weighted by Gasteiger charge is 2.31. The van der Waals surface area contributed by atoms with Crippen molar-refractivity contribution in [1.82, 2.24) is 9.78 Å². The Morgan fingerprint density at radius 1 is 1.28 bits per heavy atom. The molecule has 2 heterocycles. The number of nitrogens with one attached hydrogen (secondary N) is 2. The molecule has 0 saturated heterocycles. The number of para-hydroxylation sites is 1.